The second-order valence-corrected chi connectivity index (χ2v) is 7.81. The van der Waals surface area contributed by atoms with E-state index >= 15 is 0 Å². The highest BCUT2D eigenvalue weighted by molar-refractivity contribution is 7.89. The Labute approximate surface area is 127 Å². The molecule has 0 spiro atoms. The Hall–Kier alpha value is -1.11. The maximum Gasteiger partial charge on any atom is 0.242 e. The van der Waals surface area contributed by atoms with E-state index in [2.05, 4.69) is 9.62 Å². The van der Waals surface area contributed by atoms with Crippen LogP contribution < -0.4 is 10.5 Å². The zero-order chi connectivity index (χ0) is 15.8. The molecule has 21 heavy (non-hydrogen) atoms. The van der Waals surface area contributed by atoms with Crippen molar-refractivity contribution in [2.75, 3.05) is 19.3 Å². The number of aryl methyl sites for hydroxylation is 2. The van der Waals surface area contributed by atoms with Gasteiger partial charge >= 0.3 is 0 Å². The third-order valence-corrected chi connectivity index (χ3v) is 5.78. The van der Waals surface area contributed by atoms with Crippen LogP contribution in [0.25, 0.3) is 0 Å². The summed E-state index contributed by atoms with van der Waals surface area (Å²) in [7, 11) is -1.52. The summed E-state index contributed by atoms with van der Waals surface area (Å²) in [5, 5.41) is 0. The molecule has 2 rings (SSSR count). The second-order valence-electron chi connectivity index (χ2n) is 6.07. The number of likely N-dealkylation sites (N-methyl/N-ethyl adjacent to an activating group) is 1. The molecule has 0 saturated heterocycles. The molecule has 1 aromatic carbocycles. The van der Waals surface area contributed by atoms with Crippen molar-refractivity contribution in [3.63, 3.8) is 0 Å². The summed E-state index contributed by atoms with van der Waals surface area (Å²) in [5.41, 5.74) is 8.09. The highest BCUT2D eigenvalue weighted by Gasteiger charge is 2.29. The first kappa shape index (κ1) is 16.3. The molecule has 1 fully saturated rings. The number of nitrogens with one attached hydrogen (secondary N) is 1. The molecule has 5 nitrogen and oxygen atoms in total. The zero-order valence-electron chi connectivity index (χ0n) is 13.2. The fourth-order valence-electron chi connectivity index (χ4n) is 2.34. The van der Waals surface area contributed by atoms with Gasteiger partial charge in [-0.2, -0.15) is 0 Å². The highest BCUT2D eigenvalue weighted by Crippen LogP contribution is 2.27. The van der Waals surface area contributed by atoms with Gasteiger partial charge in [0.1, 0.15) is 4.90 Å². The summed E-state index contributed by atoms with van der Waals surface area (Å²) >= 11 is 0. The number of benzene rings is 1. The average molecular weight is 311 g/mol. The molecule has 0 heterocycles. The van der Waals surface area contributed by atoms with Gasteiger partial charge in [-0.15, -0.1) is 0 Å². The van der Waals surface area contributed by atoms with Crippen molar-refractivity contribution in [3.05, 3.63) is 23.3 Å². The molecule has 0 aliphatic heterocycles. The molecule has 1 atom stereocenters. The molecule has 1 aliphatic carbocycles. The molecule has 0 bridgehead atoms. The Morgan fingerprint density at radius 3 is 2.48 bits per heavy atom. The largest absolute Gasteiger partial charge is 0.398 e. The fraction of sp³-hybridized carbons (Fsp3) is 0.600. The van der Waals surface area contributed by atoms with Gasteiger partial charge < -0.3 is 5.73 Å². The van der Waals surface area contributed by atoms with Crippen LogP contribution in [0.1, 0.15) is 30.9 Å². The molecule has 1 saturated carbocycles. The van der Waals surface area contributed by atoms with E-state index in [0.717, 1.165) is 11.1 Å². The maximum atomic E-state index is 12.4. The lowest BCUT2D eigenvalue weighted by molar-refractivity contribution is 0.248. The predicted molar refractivity (Wildman–Crippen MR) is 85.8 cm³/mol. The summed E-state index contributed by atoms with van der Waals surface area (Å²) in [5.74, 6) is 0. The Kier molecular flexibility index (Phi) is 4.60. The first-order chi connectivity index (χ1) is 9.72. The normalized spacial score (nSPS) is 17.2. The Balaban J connectivity index is 2.09. The number of nitrogens with zero attached hydrogens (tertiary/aromatic N) is 1. The van der Waals surface area contributed by atoms with Crippen molar-refractivity contribution in [1.82, 2.24) is 9.62 Å². The van der Waals surface area contributed by atoms with Gasteiger partial charge in [-0.3, -0.25) is 4.90 Å². The lowest BCUT2D eigenvalue weighted by Crippen LogP contribution is -2.41. The molecule has 0 amide bonds. The Bertz CT molecular complexity index is 624. The standard InChI is InChI=1S/C15H25N3O2S/c1-10-7-14(16)15(8-11(10)2)21(19,20)17-9-12(3)18(4)13-5-6-13/h7-8,12-13,17H,5-6,9,16H2,1-4H3. The molecule has 0 aromatic heterocycles. The number of rotatable bonds is 6. The van der Waals surface area contributed by atoms with Crippen molar-refractivity contribution in [2.24, 2.45) is 0 Å². The van der Waals surface area contributed by atoms with E-state index in [-0.39, 0.29) is 10.9 Å². The number of hydrogen-bond acceptors (Lipinski definition) is 4. The van der Waals surface area contributed by atoms with Crippen LogP contribution in [-0.2, 0) is 10.0 Å². The van der Waals surface area contributed by atoms with Crippen LogP contribution >= 0.6 is 0 Å². The van der Waals surface area contributed by atoms with Crippen LogP contribution in [0.5, 0.6) is 0 Å². The van der Waals surface area contributed by atoms with Crippen LogP contribution in [0.3, 0.4) is 0 Å². The lowest BCUT2D eigenvalue weighted by Gasteiger charge is -2.24. The molecule has 0 radical (unpaired) electrons. The fourth-order valence-corrected chi connectivity index (χ4v) is 3.66. The minimum absolute atomic E-state index is 0.167. The van der Waals surface area contributed by atoms with Crippen LogP contribution in [0, 0.1) is 13.8 Å². The number of nitrogens with two attached hydrogens (primary N) is 1. The van der Waals surface area contributed by atoms with Crippen LogP contribution in [0.2, 0.25) is 0 Å². The van der Waals surface area contributed by atoms with Gasteiger partial charge in [0.05, 0.1) is 5.69 Å². The van der Waals surface area contributed by atoms with Crippen LogP contribution in [0.15, 0.2) is 17.0 Å². The number of sulfonamides is 1. The van der Waals surface area contributed by atoms with E-state index in [9.17, 15) is 8.42 Å². The summed E-state index contributed by atoms with van der Waals surface area (Å²) in [6.07, 6.45) is 2.41. The van der Waals surface area contributed by atoms with E-state index in [4.69, 9.17) is 5.73 Å². The molecular formula is C15H25N3O2S. The van der Waals surface area contributed by atoms with Gasteiger partial charge in [0.15, 0.2) is 0 Å². The minimum Gasteiger partial charge on any atom is -0.398 e. The van der Waals surface area contributed by atoms with Crippen LogP contribution in [-0.4, -0.2) is 39.0 Å². The molecular weight excluding hydrogens is 286 g/mol. The Morgan fingerprint density at radius 2 is 1.90 bits per heavy atom. The van der Waals surface area contributed by atoms with Gasteiger partial charge in [-0.25, -0.2) is 13.1 Å². The lowest BCUT2D eigenvalue weighted by atomic mass is 10.1. The SMILES string of the molecule is Cc1cc(N)c(S(=O)(=O)NCC(C)N(C)C2CC2)cc1C. The van der Waals surface area contributed by atoms with E-state index in [0.29, 0.717) is 18.3 Å². The summed E-state index contributed by atoms with van der Waals surface area (Å²) < 4.78 is 27.5. The summed E-state index contributed by atoms with van der Waals surface area (Å²) in [4.78, 5) is 2.40. The summed E-state index contributed by atoms with van der Waals surface area (Å²) in [6, 6.07) is 4.13. The van der Waals surface area contributed by atoms with E-state index < -0.39 is 10.0 Å². The van der Waals surface area contributed by atoms with Crippen molar-refractivity contribution in [1.29, 1.82) is 0 Å². The molecule has 118 valence electrons. The average Bonchev–Trinajstić information content (AvgIpc) is 3.23. The van der Waals surface area contributed by atoms with E-state index in [1.165, 1.54) is 12.8 Å². The van der Waals surface area contributed by atoms with Gasteiger partial charge in [0.25, 0.3) is 0 Å². The van der Waals surface area contributed by atoms with Crippen molar-refractivity contribution in [3.8, 4) is 0 Å². The third kappa shape index (κ3) is 3.75. The van der Waals surface area contributed by atoms with E-state index in [1.54, 1.807) is 12.1 Å². The molecule has 1 aromatic rings. The van der Waals surface area contributed by atoms with Gasteiger partial charge in [0.2, 0.25) is 10.0 Å². The second kappa shape index (κ2) is 5.94. The topological polar surface area (TPSA) is 75.4 Å². The molecule has 1 unspecified atom stereocenters. The van der Waals surface area contributed by atoms with Gasteiger partial charge in [-0.05, 0) is 63.9 Å². The first-order valence-corrected chi connectivity index (χ1v) is 8.79. The van der Waals surface area contributed by atoms with Gasteiger partial charge in [-0.1, -0.05) is 0 Å². The van der Waals surface area contributed by atoms with Crippen molar-refractivity contribution < 1.29 is 8.42 Å². The Morgan fingerprint density at radius 1 is 1.33 bits per heavy atom. The predicted octanol–water partition coefficient (Wildman–Crippen LogP) is 1.65. The summed E-state index contributed by atoms with van der Waals surface area (Å²) in [6.45, 7) is 6.23. The van der Waals surface area contributed by atoms with Crippen molar-refractivity contribution >= 4 is 15.7 Å². The molecule has 3 N–H and O–H groups in total. The van der Waals surface area contributed by atoms with Crippen molar-refractivity contribution in [2.45, 2.75) is 50.6 Å². The van der Waals surface area contributed by atoms with Gasteiger partial charge in [0, 0.05) is 18.6 Å². The quantitative estimate of drug-likeness (QED) is 0.783. The minimum atomic E-state index is -3.57. The first-order valence-electron chi connectivity index (χ1n) is 7.30. The third-order valence-electron chi connectivity index (χ3n) is 4.30. The smallest absolute Gasteiger partial charge is 0.242 e. The number of anilines is 1. The van der Waals surface area contributed by atoms with Crippen LogP contribution in [0.4, 0.5) is 5.69 Å². The monoisotopic (exact) mass is 311 g/mol. The van der Waals surface area contributed by atoms with E-state index in [1.807, 2.05) is 27.8 Å². The number of hydrogen-bond donors (Lipinski definition) is 2. The zero-order valence-corrected chi connectivity index (χ0v) is 14.0. The maximum absolute atomic E-state index is 12.4. The molecule has 6 heteroatoms. The molecule has 1 aliphatic rings. The highest BCUT2D eigenvalue weighted by atomic mass is 32.2. The number of nitrogen functional groups attached to an aromatic ring is 1.